The van der Waals surface area contributed by atoms with Crippen LogP contribution in [0.25, 0.3) is 0 Å². The van der Waals surface area contributed by atoms with Gasteiger partial charge in [-0.3, -0.25) is 0 Å². The van der Waals surface area contributed by atoms with Crippen LogP contribution in [0, 0.1) is 0 Å². The summed E-state index contributed by atoms with van der Waals surface area (Å²) in [6.07, 6.45) is 0. The molecule has 13 heavy (non-hydrogen) atoms. The summed E-state index contributed by atoms with van der Waals surface area (Å²) in [4.78, 5) is 20.7. The standard InChI is InChI=1S/2C4H5O2.Zn/c2*1-3(2)4(5)6;/h2*1H,2H3,(H,5,6);. The Bertz CT molecular complexity index is 250. The van der Waals surface area contributed by atoms with Gasteiger partial charge in [0.2, 0.25) is 0 Å². The molecule has 4 nitrogen and oxygen atoms in total. The van der Waals surface area contributed by atoms with Crippen molar-refractivity contribution in [2.75, 3.05) is 0 Å². The molecule has 0 saturated heterocycles. The molecule has 0 aliphatic heterocycles. The average Bonchev–Trinajstić information content (AvgIpc) is 2.03. The Hall–Kier alpha value is -0.957. The third-order valence-corrected chi connectivity index (χ3v) is 5.08. The molecule has 0 amide bonds. The van der Waals surface area contributed by atoms with E-state index in [0.717, 1.165) is 0 Å². The van der Waals surface area contributed by atoms with Crippen LogP contribution < -0.4 is 0 Å². The van der Waals surface area contributed by atoms with Gasteiger partial charge in [0.25, 0.3) is 0 Å². The zero-order valence-corrected chi connectivity index (χ0v) is 10.5. The molecule has 68 valence electrons. The summed E-state index contributed by atoms with van der Waals surface area (Å²) in [6, 6.07) is 0. The van der Waals surface area contributed by atoms with Crippen LogP contribution in [0.15, 0.2) is 20.5 Å². The molecule has 0 saturated carbocycles. The van der Waals surface area contributed by atoms with Gasteiger partial charge in [-0.1, -0.05) is 0 Å². The molecule has 0 spiro atoms. The summed E-state index contributed by atoms with van der Waals surface area (Å²) in [5.41, 5.74) is 0.601. The van der Waals surface area contributed by atoms with E-state index in [1.165, 1.54) is 13.8 Å². The van der Waals surface area contributed by atoms with Gasteiger partial charge < -0.3 is 0 Å². The summed E-state index contributed by atoms with van der Waals surface area (Å²) in [5, 5.41) is 17.0. The van der Waals surface area contributed by atoms with Crippen LogP contribution in [0.4, 0.5) is 0 Å². The van der Waals surface area contributed by atoms with Crippen molar-refractivity contribution >= 4 is 11.9 Å². The van der Waals surface area contributed by atoms with Crippen molar-refractivity contribution in [2.24, 2.45) is 0 Å². The van der Waals surface area contributed by atoms with Crippen molar-refractivity contribution in [3.05, 3.63) is 20.5 Å². The van der Waals surface area contributed by atoms with Crippen LogP contribution in [-0.2, 0) is 26.7 Å². The van der Waals surface area contributed by atoms with E-state index in [4.69, 9.17) is 10.2 Å². The molecule has 0 radical (unpaired) electrons. The zero-order chi connectivity index (χ0) is 10.4. The Balaban J connectivity index is 4.19. The fourth-order valence-electron chi connectivity index (χ4n) is 0.587. The van der Waals surface area contributed by atoms with Crippen molar-refractivity contribution in [3.8, 4) is 0 Å². The monoisotopic (exact) mass is 234 g/mol. The van der Waals surface area contributed by atoms with E-state index < -0.39 is 29.1 Å². The van der Waals surface area contributed by atoms with Gasteiger partial charge in [-0.2, -0.15) is 0 Å². The summed E-state index contributed by atoms with van der Waals surface area (Å²) in [6.45, 7) is 3.02. The van der Waals surface area contributed by atoms with Gasteiger partial charge in [0.1, 0.15) is 0 Å². The van der Waals surface area contributed by atoms with E-state index in [2.05, 4.69) is 0 Å². The molecule has 0 aromatic heterocycles. The predicted molar refractivity (Wildman–Crippen MR) is 42.8 cm³/mol. The van der Waals surface area contributed by atoms with Crippen molar-refractivity contribution < 1.29 is 36.9 Å². The first kappa shape index (κ1) is 12.0. The number of hydrogen-bond acceptors (Lipinski definition) is 2. The van der Waals surface area contributed by atoms with Crippen LogP contribution >= 0.6 is 0 Å². The molecular formula is C8H10O4Zn. The Morgan fingerprint density at radius 3 is 1.54 bits per heavy atom. The molecular weight excluding hydrogens is 225 g/mol. The molecule has 0 aliphatic rings. The van der Waals surface area contributed by atoms with Crippen molar-refractivity contribution in [3.63, 3.8) is 0 Å². The molecule has 0 atom stereocenters. The molecule has 5 heteroatoms. The molecule has 0 aliphatic carbocycles. The van der Waals surface area contributed by atoms with Crippen LogP contribution in [0.2, 0.25) is 0 Å². The molecule has 2 N–H and O–H groups in total. The quantitative estimate of drug-likeness (QED) is 0.564. The SMILES string of the molecule is CC(=[CH][Zn][CH]=C(C)C(=O)O)C(=O)O. The maximum atomic E-state index is 10.3. The van der Waals surface area contributed by atoms with E-state index >= 15 is 0 Å². The Kier molecular flexibility index (Phi) is 5.23. The van der Waals surface area contributed by atoms with E-state index in [0.29, 0.717) is 11.1 Å². The van der Waals surface area contributed by atoms with Gasteiger partial charge >= 0.3 is 83.2 Å². The van der Waals surface area contributed by atoms with E-state index in [1.54, 1.807) is 9.34 Å². The summed E-state index contributed by atoms with van der Waals surface area (Å²) in [7, 11) is 0. The Labute approximate surface area is 83.5 Å². The summed E-state index contributed by atoms with van der Waals surface area (Å²) in [5.74, 6) is -1.88. The van der Waals surface area contributed by atoms with Gasteiger partial charge in [0.15, 0.2) is 0 Å². The first-order valence-corrected chi connectivity index (χ1v) is 7.18. The molecule has 0 rings (SSSR count). The number of carbonyl (C=O) groups is 2. The first-order valence-electron chi connectivity index (χ1n) is 3.75. The van der Waals surface area contributed by atoms with Gasteiger partial charge in [-0.15, -0.1) is 0 Å². The third kappa shape index (κ3) is 5.31. The van der Waals surface area contributed by atoms with E-state index in [-0.39, 0.29) is 0 Å². The molecule has 0 heterocycles. The van der Waals surface area contributed by atoms with Gasteiger partial charge in [-0.05, 0) is 0 Å². The number of aliphatic carboxylic acids is 2. The zero-order valence-electron chi connectivity index (χ0n) is 7.57. The fraction of sp³-hybridized carbons (Fsp3) is 0.250. The molecule has 0 aromatic rings. The normalized spacial score (nSPS) is 12.2. The minimum absolute atomic E-state index is 0.300. The van der Waals surface area contributed by atoms with E-state index in [9.17, 15) is 9.59 Å². The Morgan fingerprint density at radius 1 is 1.00 bits per heavy atom. The second-order valence-corrected chi connectivity index (χ2v) is 5.32. The van der Waals surface area contributed by atoms with Crippen LogP contribution in [0.5, 0.6) is 0 Å². The summed E-state index contributed by atoms with van der Waals surface area (Å²) >= 11 is -1.27. The molecule has 0 bridgehead atoms. The number of hydrogen-bond donors (Lipinski definition) is 2. The maximum absolute atomic E-state index is 10.3. The van der Waals surface area contributed by atoms with Crippen molar-refractivity contribution in [1.82, 2.24) is 0 Å². The average molecular weight is 236 g/mol. The second-order valence-electron chi connectivity index (χ2n) is 2.62. The van der Waals surface area contributed by atoms with E-state index in [1.807, 2.05) is 0 Å². The van der Waals surface area contributed by atoms with Gasteiger partial charge in [0.05, 0.1) is 0 Å². The molecule has 0 fully saturated rings. The van der Waals surface area contributed by atoms with Crippen molar-refractivity contribution in [1.29, 1.82) is 0 Å². The molecule has 0 aromatic carbocycles. The minimum atomic E-state index is -1.27. The topological polar surface area (TPSA) is 74.6 Å². The molecule has 0 unspecified atom stereocenters. The van der Waals surface area contributed by atoms with Crippen LogP contribution in [0.3, 0.4) is 0 Å². The second kappa shape index (κ2) is 5.65. The number of carboxylic acids is 2. The Morgan fingerprint density at radius 2 is 1.31 bits per heavy atom. The van der Waals surface area contributed by atoms with Gasteiger partial charge in [0, 0.05) is 0 Å². The number of rotatable bonds is 4. The van der Waals surface area contributed by atoms with Gasteiger partial charge in [-0.25, -0.2) is 0 Å². The van der Waals surface area contributed by atoms with Crippen LogP contribution in [0.1, 0.15) is 13.8 Å². The predicted octanol–water partition coefficient (Wildman–Crippen LogP) is 1.05. The fourth-order valence-corrected chi connectivity index (χ4v) is 3.05. The summed E-state index contributed by atoms with van der Waals surface area (Å²) < 4.78 is 3.31. The van der Waals surface area contributed by atoms with Crippen LogP contribution in [-0.4, -0.2) is 22.2 Å². The third-order valence-electron chi connectivity index (χ3n) is 1.52. The first-order chi connectivity index (χ1) is 5.95. The number of carboxylic acid groups (broad SMARTS) is 2. The van der Waals surface area contributed by atoms with Crippen molar-refractivity contribution in [2.45, 2.75) is 13.8 Å².